The first-order valence-electron chi connectivity index (χ1n) is 8.80. The van der Waals surface area contributed by atoms with E-state index in [0.717, 1.165) is 45.6 Å². The number of sulfonamides is 1. The number of hydrogen-bond donors (Lipinski definition) is 2. The van der Waals surface area contributed by atoms with Gasteiger partial charge >= 0.3 is 0 Å². The molecule has 1 aromatic rings. The van der Waals surface area contributed by atoms with Crippen LogP contribution in [-0.4, -0.2) is 75.9 Å². The summed E-state index contributed by atoms with van der Waals surface area (Å²) < 4.78 is 32.1. The lowest BCUT2D eigenvalue weighted by Crippen LogP contribution is -2.46. The van der Waals surface area contributed by atoms with Gasteiger partial charge in [0.2, 0.25) is 10.0 Å². The van der Waals surface area contributed by atoms with Gasteiger partial charge in [-0.2, -0.15) is 4.31 Å². The zero-order valence-corrected chi connectivity index (χ0v) is 16.6. The third-order valence-electron chi connectivity index (χ3n) is 4.70. The Balaban J connectivity index is 0.00000243. The maximum atomic E-state index is 12.6. The molecule has 26 heavy (non-hydrogen) atoms. The van der Waals surface area contributed by atoms with Crippen molar-refractivity contribution in [1.29, 1.82) is 0 Å². The van der Waals surface area contributed by atoms with E-state index in [9.17, 15) is 13.2 Å². The van der Waals surface area contributed by atoms with E-state index in [-0.39, 0.29) is 34.7 Å². The molecule has 3 rings (SSSR count). The van der Waals surface area contributed by atoms with Crippen molar-refractivity contribution in [3.63, 3.8) is 0 Å². The van der Waals surface area contributed by atoms with Gasteiger partial charge in [-0.15, -0.1) is 12.4 Å². The topological polar surface area (TPSA) is 94.9 Å². The van der Waals surface area contributed by atoms with E-state index in [1.165, 1.54) is 10.4 Å². The van der Waals surface area contributed by atoms with Crippen molar-refractivity contribution < 1.29 is 17.6 Å². The number of nitrogens with one attached hydrogen (secondary N) is 2. The fourth-order valence-corrected chi connectivity index (χ4v) is 4.93. The third-order valence-corrected chi connectivity index (χ3v) is 6.71. The van der Waals surface area contributed by atoms with Gasteiger partial charge in [-0.1, -0.05) is 0 Å². The highest BCUT2D eigenvalue weighted by molar-refractivity contribution is 7.89. The molecule has 1 amide bonds. The predicted octanol–water partition coefficient (Wildman–Crippen LogP) is 0.429. The molecule has 0 saturated carbocycles. The first-order valence-corrected chi connectivity index (χ1v) is 10.2. The maximum absolute atomic E-state index is 12.6. The lowest BCUT2D eigenvalue weighted by atomic mass is 10.3. The molecule has 0 spiro atoms. The largest absolute Gasteiger partial charge is 0.455 e. The summed E-state index contributed by atoms with van der Waals surface area (Å²) in [5.74, 6) is -0.0594. The van der Waals surface area contributed by atoms with Crippen LogP contribution in [0.1, 0.15) is 29.2 Å². The molecule has 10 heteroatoms. The molecule has 2 saturated heterocycles. The SMILES string of the molecule is Cc1oc(C(=O)NCCN2CCNCC2)cc1S(=O)(=O)N1CCCC1.Cl. The normalized spacial score (nSPS) is 19.3. The van der Waals surface area contributed by atoms with Gasteiger partial charge in [0.05, 0.1) is 0 Å². The van der Waals surface area contributed by atoms with Crippen molar-refractivity contribution in [3.05, 3.63) is 17.6 Å². The maximum Gasteiger partial charge on any atom is 0.287 e. The van der Waals surface area contributed by atoms with Crippen LogP contribution < -0.4 is 10.6 Å². The summed E-state index contributed by atoms with van der Waals surface area (Å²) in [6.07, 6.45) is 1.74. The van der Waals surface area contributed by atoms with E-state index in [1.54, 1.807) is 6.92 Å². The minimum atomic E-state index is -3.58. The van der Waals surface area contributed by atoms with Crippen LogP contribution >= 0.6 is 12.4 Å². The molecular formula is C16H27ClN4O4S. The molecule has 0 aliphatic carbocycles. The van der Waals surface area contributed by atoms with Gasteiger partial charge in [-0.05, 0) is 19.8 Å². The molecule has 3 heterocycles. The first-order chi connectivity index (χ1) is 12.0. The van der Waals surface area contributed by atoms with Crippen LogP contribution in [0.3, 0.4) is 0 Å². The number of carbonyl (C=O) groups excluding carboxylic acids is 1. The molecule has 0 aromatic carbocycles. The van der Waals surface area contributed by atoms with Crippen molar-refractivity contribution in [2.75, 3.05) is 52.4 Å². The predicted molar refractivity (Wildman–Crippen MR) is 100 cm³/mol. The number of furan rings is 1. The minimum absolute atomic E-state index is 0. The molecular weight excluding hydrogens is 380 g/mol. The van der Waals surface area contributed by atoms with Crippen LogP contribution in [-0.2, 0) is 10.0 Å². The second kappa shape index (κ2) is 9.18. The fourth-order valence-electron chi connectivity index (χ4n) is 3.25. The molecule has 8 nitrogen and oxygen atoms in total. The quantitative estimate of drug-likeness (QED) is 0.711. The number of nitrogens with zero attached hydrogens (tertiary/aromatic N) is 2. The van der Waals surface area contributed by atoms with Crippen molar-refractivity contribution in [3.8, 4) is 0 Å². The van der Waals surface area contributed by atoms with E-state index in [0.29, 0.717) is 19.6 Å². The van der Waals surface area contributed by atoms with Gasteiger partial charge in [0, 0.05) is 58.4 Å². The lowest BCUT2D eigenvalue weighted by Gasteiger charge is -2.26. The summed E-state index contributed by atoms with van der Waals surface area (Å²) in [6.45, 7) is 7.77. The summed E-state index contributed by atoms with van der Waals surface area (Å²) in [4.78, 5) is 14.6. The van der Waals surface area contributed by atoms with Crippen molar-refractivity contribution in [2.45, 2.75) is 24.7 Å². The van der Waals surface area contributed by atoms with E-state index >= 15 is 0 Å². The van der Waals surface area contributed by atoms with Gasteiger partial charge in [0.1, 0.15) is 10.7 Å². The number of aryl methyl sites for hydroxylation is 1. The Hall–Kier alpha value is -1.13. The van der Waals surface area contributed by atoms with E-state index in [2.05, 4.69) is 15.5 Å². The van der Waals surface area contributed by atoms with Gasteiger partial charge in [0.15, 0.2) is 5.76 Å². The molecule has 0 atom stereocenters. The van der Waals surface area contributed by atoms with Gasteiger partial charge in [-0.25, -0.2) is 8.42 Å². The Labute approximate surface area is 160 Å². The number of amides is 1. The summed E-state index contributed by atoms with van der Waals surface area (Å²) in [5.41, 5.74) is 0. The number of piperazine rings is 1. The van der Waals surface area contributed by atoms with Gasteiger partial charge in [-0.3, -0.25) is 9.69 Å². The Morgan fingerprint density at radius 1 is 1.23 bits per heavy atom. The lowest BCUT2D eigenvalue weighted by molar-refractivity contribution is 0.0918. The number of halogens is 1. The highest BCUT2D eigenvalue weighted by Gasteiger charge is 2.31. The summed E-state index contributed by atoms with van der Waals surface area (Å²) in [6, 6.07) is 1.35. The second-order valence-electron chi connectivity index (χ2n) is 6.49. The average Bonchev–Trinajstić information content (AvgIpc) is 3.26. The first kappa shape index (κ1) is 21.2. The highest BCUT2D eigenvalue weighted by atomic mass is 35.5. The fraction of sp³-hybridized carbons (Fsp3) is 0.688. The summed E-state index contributed by atoms with van der Waals surface area (Å²) in [5, 5.41) is 6.09. The standard InChI is InChI=1S/C16H26N4O4S.ClH/c1-13-15(25(22,23)20-7-2-3-8-20)12-14(24-13)16(21)18-6-11-19-9-4-17-5-10-19;/h12,17H,2-11H2,1H3,(H,18,21);1H. The summed E-state index contributed by atoms with van der Waals surface area (Å²) in [7, 11) is -3.58. The van der Waals surface area contributed by atoms with Crippen molar-refractivity contribution in [1.82, 2.24) is 19.8 Å². The third kappa shape index (κ3) is 4.77. The van der Waals surface area contributed by atoms with E-state index < -0.39 is 10.0 Å². The Kier molecular flexibility index (Phi) is 7.48. The zero-order chi connectivity index (χ0) is 17.9. The number of hydrogen-bond acceptors (Lipinski definition) is 6. The van der Waals surface area contributed by atoms with Crippen molar-refractivity contribution in [2.24, 2.45) is 0 Å². The highest BCUT2D eigenvalue weighted by Crippen LogP contribution is 2.26. The van der Waals surface area contributed by atoms with Gasteiger partial charge in [0.25, 0.3) is 5.91 Å². The monoisotopic (exact) mass is 406 g/mol. The Morgan fingerprint density at radius 2 is 1.88 bits per heavy atom. The molecule has 2 N–H and O–H groups in total. The van der Waals surface area contributed by atoms with E-state index in [1.807, 2.05) is 0 Å². The van der Waals surface area contributed by atoms with Crippen LogP contribution in [0.15, 0.2) is 15.4 Å². The Bertz CT molecular complexity index is 710. The smallest absolute Gasteiger partial charge is 0.287 e. The van der Waals surface area contributed by atoms with Gasteiger partial charge < -0.3 is 15.1 Å². The van der Waals surface area contributed by atoms with Crippen molar-refractivity contribution >= 4 is 28.3 Å². The molecule has 1 aromatic heterocycles. The van der Waals surface area contributed by atoms with Crippen LogP contribution in [0, 0.1) is 6.92 Å². The molecule has 2 fully saturated rings. The van der Waals surface area contributed by atoms with Crippen LogP contribution in [0.4, 0.5) is 0 Å². The zero-order valence-electron chi connectivity index (χ0n) is 15.0. The number of rotatable bonds is 6. The molecule has 0 radical (unpaired) electrons. The average molecular weight is 407 g/mol. The van der Waals surface area contributed by atoms with Crippen LogP contribution in [0.2, 0.25) is 0 Å². The Morgan fingerprint density at radius 3 is 2.54 bits per heavy atom. The summed E-state index contributed by atoms with van der Waals surface area (Å²) >= 11 is 0. The minimum Gasteiger partial charge on any atom is -0.455 e. The molecule has 0 unspecified atom stereocenters. The molecule has 148 valence electrons. The van der Waals surface area contributed by atoms with Crippen LogP contribution in [0.25, 0.3) is 0 Å². The van der Waals surface area contributed by atoms with E-state index in [4.69, 9.17) is 4.42 Å². The molecule has 2 aliphatic heterocycles. The van der Waals surface area contributed by atoms with Crippen LogP contribution in [0.5, 0.6) is 0 Å². The second-order valence-corrected chi connectivity index (χ2v) is 8.40. The molecule has 2 aliphatic rings. The molecule has 0 bridgehead atoms. The number of carbonyl (C=O) groups is 1.